The van der Waals surface area contributed by atoms with Gasteiger partial charge in [0.25, 0.3) is 5.56 Å². The van der Waals surface area contributed by atoms with E-state index in [2.05, 4.69) is 9.97 Å². The van der Waals surface area contributed by atoms with Gasteiger partial charge in [-0.1, -0.05) is 0 Å². The molecular weight excluding hydrogens is 342 g/mol. The second-order valence-electron chi connectivity index (χ2n) is 5.70. The van der Waals surface area contributed by atoms with Crippen molar-refractivity contribution >= 4 is 11.6 Å². The molecule has 134 valence electrons. The van der Waals surface area contributed by atoms with Crippen molar-refractivity contribution in [2.45, 2.75) is 6.18 Å². The summed E-state index contributed by atoms with van der Waals surface area (Å²) >= 11 is 0. The third kappa shape index (κ3) is 3.57. The van der Waals surface area contributed by atoms with Crippen LogP contribution in [0.25, 0.3) is 0 Å². The first kappa shape index (κ1) is 17.2. The van der Waals surface area contributed by atoms with Crippen LogP contribution in [-0.4, -0.2) is 40.7 Å². The molecule has 0 amide bonds. The smallest absolute Gasteiger partial charge is 0.353 e. The zero-order valence-electron chi connectivity index (χ0n) is 13.3. The molecule has 25 heavy (non-hydrogen) atoms. The first-order chi connectivity index (χ1) is 11.8. The number of pyridine rings is 1. The quantitative estimate of drug-likeness (QED) is 0.766. The van der Waals surface area contributed by atoms with Crippen molar-refractivity contribution in [3.8, 4) is 0 Å². The van der Waals surface area contributed by atoms with Crippen LogP contribution in [0, 0.1) is 5.82 Å². The number of nitrogens with zero attached hydrogens (tertiary/aromatic N) is 5. The lowest BCUT2D eigenvalue weighted by atomic mass is 10.2. The SMILES string of the molecule is Cn1cnc(N2CCN(c3ncc(C(F)(F)F)cc3F)CC2)cc1=O. The Kier molecular flexibility index (Phi) is 4.36. The van der Waals surface area contributed by atoms with Crippen LogP contribution in [0.15, 0.2) is 29.5 Å². The van der Waals surface area contributed by atoms with E-state index < -0.39 is 17.6 Å². The van der Waals surface area contributed by atoms with Gasteiger partial charge in [-0.2, -0.15) is 13.2 Å². The highest BCUT2D eigenvalue weighted by Gasteiger charge is 2.32. The van der Waals surface area contributed by atoms with E-state index in [1.54, 1.807) is 11.9 Å². The zero-order valence-corrected chi connectivity index (χ0v) is 13.3. The van der Waals surface area contributed by atoms with Gasteiger partial charge >= 0.3 is 6.18 Å². The summed E-state index contributed by atoms with van der Waals surface area (Å²) in [6.45, 7) is 1.60. The van der Waals surface area contributed by atoms with Crippen molar-refractivity contribution in [2.24, 2.45) is 7.05 Å². The molecular formula is C15H15F4N5O. The van der Waals surface area contributed by atoms with Gasteiger partial charge in [-0.05, 0) is 6.07 Å². The molecule has 3 heterocycles. The monoisotopic (exact) mass is 357 g/mol. The topological polar surface area (TPSA) is 54.3 Å². The Hall–Kier alpha value is -2.65. The van der Waals surface area contributed by atoms with Crippen LogP contribution in [0.5, 0.6) is 0 Å². The van der Waals surface area contributed by atoms with Crippen LogP contribution in [0.3, 0.4) is 0 Å². The minimum Gasteiger partial charge on any atom is -0.353 e. The number of anilines is 2. The highest BCUT2D eigenvalue weighted by molar-refractivity contribution is 5.46. The van der Waals surface area contributed by atoms with Gasteiger partial charge in [-0.25, -0.2) is 14.4 Å². The largest absolute Gasteiger partial charge is 0.417 e. The van der Waals surface area contributed by atoms with Crippen LogP contribution >= 0.6 is 0 Å². The van der Waals surface area contributed by atoms with E-state index in [1.807, 2.05) is 4.90 Å². The fourth-order valence-electron chi connectivity index (χ4n) is 2.59. The average Bonchev–Trinajstić information content (AvgIpc) is 2.57. The third-order valence-corrected chi connectivity index (χ3v) is 4.02. The van der Waals surface area contributed by atoms with Gasteiger partial charge < -0.3 is 14.4 Å². The maximum atomic E-state index is 14.0. The number of alkyl halides is 3. The number of halogens is 4. The number of rotatable bonds is 2. The van der Waals surface area contributed by atoms with Crippen molar-refractivity contribution < 1.29 is 17.6 Å². The van der Waals surface area contributed by atoms with E-state index in [9.17, 15) is 22.4 Å². The summed E-state index contributed by atoms with van der Waals surface area (Å²) in [5.74, 6) is -0.594. The molecule has 0 bridgehead atoms. The standard InChI is InChI=1S/C15H15F4N5O/c1-22-9-21-12(7-13(22)25)23-2-4-24(5-3-23)14-11(16)6-10(8-20-14)15(17,18)19/h6-9H,2-5H2,1H3. The number of aryl methyl sites for hydroxylation is 1. The molecule has 2 aromatic heterocycles. The lowest BCUT2D eigenvalue weighted by Crippen LogP contribution is -2.47. The van der Waals surface area contributed by atoms with Crippen LogP contribution in [0.2, 0.25) is 0 Å². The summed E-state index contributed by atoms with van der Waals surface area (Å²) in [6, 6.07) is 1.86. The van der Waals surface area contributed by atoms with E-state index in [1.165, 1.54) is 17.0 Å². The van der Waals surface area contributed by atoms with Crippen molar-refractivity contribution in [2.75, 3.05) is 36.0 Å². The van der Waals surface area contributed by atoms with E-state index in [4.69, 9.17) is 0 Å². The molecule has 0 atom stereocenters. The maximum absolute atomic E-state index is 14.0. The summed E-state index contributed by atoms with van der Waals surface area (Å²) in [4.78, 5) is 22.9. The first-order valence-corrected chi connectivity index (χ1v) is 7.51. The minimum atomic E-state index is -4.63. The van der Waals surface area contributed by atoms with Crippen molar-refractivity contribution in [3.05, 3.63) is 46.4 Å². The number of piperazine rings is 1. The van der Waals surface area contributed by atoms with Crippen LogP contribution < -0.4 is 15.4 Å². The predicted molar refractivity (Wildman–Crippen MR) is 83.1 cm³/mol. The Morgan fingerprint density at radius 2 is 1.68 bits per heavy atom. The summed E-state index contributed by atoms with van der Waals surface area (Å²) in [7, 11) is 1.59. The Morgan fingerprint density at radius 1 is 1.04 bits per heavy atom. The molecule has 1 saturated heterocycles. The molecule has 1 aliphatic rings. The molecule has 0 spiro atoms. The second kappa shape index (κ2) is 6.34. The highest BCUT2D eigenvalue weighted by Crippen LogP contribution is 2.31. The molecule has 10 heteroatoms. The molecule has 0 saturated carbocycles. The average molecular weight is 357 g/mol. The summed E-state index contributed by atoms with van der Waals surface area (Å²) in [5, 5.41) is 0. The normalized spacial score (nSPS) is 15.6. The van der Waals surface area contributed by atoms with Crippen molar-refractivity contribution in [1.29, 1.82) is 0 Å². The van der Waals surface area contributed by atoms with E-state index in [-0.39, 0.29) is 11.4 Å². The number of aromatic nitrogens is 3. The Bertz CT molecular complexity index is 827. The molecule has 1 aliphatic heterocycles. The predicted octanol–water partition coefficient (Wildman–Crippen LogP) is 1.66. The van der Waals surface area contributed by atoms with Gasteiger partial charge in [0.2, 0.25) is 0 Å². The summed E-state index contributed by atoms with van der Waals surface area (Å²) in [6.07, 6.45) is -2.58. The summed E-state index contributed by atoms with van der Waals surface area (Å²) < 4.78 is 53.1. The van der Waals surface area contributed by atoms with Gasteiger partial charge in [-0.15, -0.1) is 0 Å². The van der Waals surface area contributed by atoms with Crippen molar-refractivity contribution in [1.82, 2.24) is 14.5 Å². The number of hydrogen-bond donors (Lipinski definition) is 0. The first-order valence-electron chi connectivity index (χ1n) is 7.51. The van der Waals surface area contributed by atoms with Crippen molar-refractivity contribution in [3.63, 3.8) is 0 Å². The maximum Gasteiger partial charge on any atom is 0.417 e. The molecule has 1 fully saturated rings. The Balaban J connectivity index is 1.72. The van der Waals surface area contributed by atoms with Crippen LogP contribution in [0.4, 0.5) is 29.2 Å². The third-order valence-electron chi connectivity index (χ3n) is 4.02. The molecule has 3 rings (SSSR count). The van der Waals surface area contributed by atoms with Gasteiger partial charge in [0, 0.05) is 45.5 Å². The lowest BCUT2D eigenvalue weighted by molar-refractivity contribution is -0.138. The minimum absolute atomic E-state index is 0.107. The molecule has 0 aliphatic carbocycles. The zero-order chi connectivity index (χ0) is 18.2. The molecule has 0 radical (unpaired) electrons. The van der Waals surface area contributed by atoms with E-state index in [0.29, 0.717) is 44.3 Å². The molecule has 2 aromatic rings. The van der Waals surface area contributed by atoms with E-state index >= 15 is 0 Å². The van der Waals surface area contributed by atoms with E-state index in [0.717, 1.165) is 0 Å². The van der Waals surface area contributed by atoms with Crippen LogP contribution in [0.1, 0.15) is 5.56 Å². The van der Waals surface area contributed by atoms with Gasteiger partial charge in [0.1, 0.15) is 5.82 Å². The number of hydrogen-bond acceptors (Lipinski definition) is 5. The van der Waals surface area contributed by atoms with Crippen LogP contribution in [-0.2, 0) is 13.2 Å². The molecule has 6 nitrogen and oxygen atoms in total. The molecule has 0 N–H and O–H groups in total. The van der Waals surface area contributed by atoms with Gasteiger partial charge in [0.05, 0.1) is 11.9 Å². The lowest BCUT2D eigenvalue weighted by Gasteiger charge is -2.36. The molecule has 0 unspecified atom stereocenters. The highest BCUT2D eigenvalue weighted by atomic mass is 19.4. The Morgan fingerprint density at radius 3 is 2.24 bits per heavy atom. The molecule has 0 aromatic carbocycles. The second-order valence-corrected chi connectivity index (χ2v) is 5.70. The fraction of sp³-hybridized carbons (Fsp3) is 0.400. The Labute approximate surface area is 140 Å². The fourth-order valence-corrected chi connectivity index (χ4v) is 2.59. The van der Waals surface area contributed by atoms with Gasteiger partial charge in [-0.3, -0.25) is 4.79 Å². The summed E-state index contributed by atoms with van der Waals surface area (Å²) in [5.41, 5.74) is -1.31. The van der Waals surface area contributed by atoms with Gasteiger partial charge in [0.15, 0.2) is 11.6 Å².